The highest BCUT2D eigenvalue weighted by atomic mass is 16.2. The van der Waals surface area contributed by atoms with Gasteiger partial charge in [0.15, 0.2) is 0 Å². The van der Waals surface area contributed by atoms with Crippen molar-refractivity contribution in [2.75, 3.05) is 18.4 Å². The SMILES string of the molecule is CC(C)(C)NC(=O)N1CC=C(c2cc3c(Nc4ccc5ncc(-c6ccccc6)n5c4)ccnc3[nH]2)CC1. The van der Waals surface area contributed by atoms with E-state index in [4.69, 9.17) is 0 Å². The number of hydrogen-bond donors (Lipinski definition) is 3. The zero-order chi connectivity index (χ0) is 26.3. The molecule has 0 spiro atoms. The van der Waals surface area contributed by atoms with Crippen LogP contribution in [0.2, 0.25) is 0 Å². The van der Waals surface area contributed by atoms with E-state index < -0.39 is 0 Å². The Morgan fingerprint density at radius 1 is 1.05 bits per heavy atom. The summed E-state index contributed by atoms with van der Waals surface area (Å²) < 4.78 is 2.10. The van der Waals surface area contributed by atoms with Crippen molar-refractivity contribution in [1.29, 1.82) is 0 Å². The van der Waals surface area contributed by atoms with Crippen LogP contribution < -0.4 is 10.6 Å². The van der Waals surface area contributed by atoms with Gasteiger partial charge in [-0.25, -0.2) is 14.8 Å². The first-order valence-corrected chi connectivity index (χ1v) is 12.9. The smallest absolute Gasteiger partial charge is 0.318 e. The van der Waals surface area contributed by atoms with Gasteiger partial charge in [-0.05, 0) is 57.0 Å². The number of amides is 2. The molecule has 6 rings (SSSR count). The van der Waals surface area contributed by atoms with Gasteiger partial charge in [-0.15, -0.1) is 0 Å². The van der Waals surface area contributed by atoms with Gasteiger partial charge in [-0.1, -0.05) is 36.4 Å². The molecular formula is C30H31N7O. The number of urea groups is 1. The third-order valence-electron chi connectivity index (χ3n) is 6.71. The summed E-state index contributed by atoms with van der Waals surface area (Å²) in [6.45, 7) is 7.24. The van der Waals surface area contributed by atoms with Crippen LogP contribution in [-0.4, -0.2) is 48.9 Å². The number of imidazole rings is 1. The Bertz CT molecular complexity index is 1660. The molecule has 8 nitrogen and oxygen atoms in total. The lowest BCUT2D eigenvalue weighted by Crippen LogP contribution is -2.49. The number of rotatable bonds is 4. The van der Waals surface area contributed by atoms with E-state index in [-0.39, 0.29) is 11.6 Å². The van der Waals surface area contributed by atoms with Gasteiger partial charge in [-0.3, -0.25) is 4.40 Å². The maximum Gasteiger partial charge on any atom is 0.318 e. The lowest BCUT2D eigenvalue weighted by molar-refractivity contribution is 0.193. The molecule has 0 bridgehead atoms. The third kappa shape index (κ3) is 4.72. The largest absolute Gasteiger partial charge is 0.354 e. The monoisotopic (exact) mass is 505 g/mol. The van der Waals surface area contributed by atoms with Gasteiger partial charge >= 0.3 is 6.03 Å². The van der Waals surface area contributed by atoms with Gasteiger partial charge in [0.2, 0.25) is 0 Å². The molecule has 5 heterocycles. The van der Waals surface area contributed by atoms with Gasteiger partial charge in [0, 0.05) is 47.7 Å². The van der Waals surface area contributed by atoms with E-state index in [9.17, 15) is 4.79 Å². The second-order valence-electron chi connectivity index (χ2n) is 10.7. The van der Waals surface area contributed by atoms with E-state index in [1.165, 1.54) is 5.57 Å². The van der Waals surface area contributed by atoms with Crippen LogP contribution in [0.4, 0.5) is 16.2 Å². The molecule has 0 saturated heterocycles. The molecule has 0 fully saturated rings. The molecule has 0 radical (unpaired) electrons. The molecule has 38 heavy (non-hydrogen) atoms. The molecular weight excluding hydrogens is 474 g/mol. The highest BCUT2D eigenvalue weighted by Gasteiger charge is 2.22. The molecule has 8 heteroatoms. The van der Waals surface area contributed by atoms with Crippen molar-refractivity contribution in [3.63, 3.8) is 0 Å². The normalized spacial score (nSPS) is 14.1. The number of benzene rings is 1. The highest BCUT2D eigenvalue weighted by molar-refractivity contribution is 5.94. The summed E-state index contributed by atoms with van der Waals surface area (Å²) >= 11 is 0. The molecule has 0 unspecified atom stereocenters. The standard InChI is InChI=1S/C30H31N7O/c1-30(2,3)35-29(38)36-15-12-20(13-16-36)25-17-23-24(11-14-31-28(23)34-25)33-22-9-10-27-32-18-26(37(27)19-22)21-7-5-4-6-8-21/h4-12,14,17-19H,13,15-16H2,1-3H3,(H,35,38)(H2,31,33,34). The Hall–Kier alpha value is -4.59. The summed E-state index contributed by atoms with van der Waals surface area (Å²) in [5.41, 5.74) is 7.80. The number of pyridine rings is 2. The van der Waals surface area contributed by atoms with E-state index in [2.05, 4.69) is 60.5 Å². The quantitative estimate of drug-likeness (QED) is 0.271. The molecule has 0 saturated carbocycles. The summed E-state index contributed by atoms with van der Waals surface area (Å²) in [6.07, 6.45) is 8.70. The highest BCUT2D eigenvalue weighted by Crippen LogP contribution is 2.31. The molecule has 0 atom stereocenters. The Morgan fingerprint density at radius 3 is 2.66 bits per heavy atom. The van der Waals surface area contributed by atoms with Gasteiger partial charge in [0.1, 0.15) is 11.3 Å². The minimum absolute atomic E-state index is 0.0251. The molecule has 5 aromatic rings. The predicted octanol–water partition coefficient (Wildman–Crippen LogP) is 6.22. The van der Waals surface area contributed by atoms with Crippen molar-refractivity contribution in [1.82, 2.24) is 29.6 Å². The second-order valence-corrected chi connectivity index (χ2v) is 10.7. The summed E-state index contributed by atoms with van der Waals surface area (Å²) in [5.74, 6) is 0. The Balaban J connectivity index is 1.25. The topological polar surface area (TPSA) is 90.3 Å². The van der Waals surface area contributed by atoms with E-state index in [0.29, 0.717) is 13.1 Å². The molecule has 1 aliphatic heterocycles. The maximum absolute atomic E-state index is 12.5. The van der Waals surface area contributed by atoms with Gasteiger partial charge in [-0.2, -0.15) is 0 Å². The van der Waals surface area contributed by atoms with Crippen LogP contribution in [-0.2, 0) is 0 Å². The van der Waals surface area contributed by atoms with Crippen LogP contribution in [0.3, 0.4) is 0 Å². The maximum atomic E-state index is 12.5. The van der Waals surface area contributed by atoms with E-state index >= 15 is 0 Å². The first kappa shape index (κ1) is 23.8. The average Bonchev–Trinajstić information content (AvgIpc) is 3.53. The minimum atomic E-state index is -0.251. The number of anilines is 2. The molecule has 3 N–H and O–H groups in total. The average molecular weight is 506 g/mol. The molecule has 2 amide bonds. The number of fused-ring (bicyclic) bond motifs is 2. The zero-order valence-corrected chi connectivity index (χ0v) is 21.8. The fourth-order valence-electron chi connectivity index (χ4n) is 4.84. The van der Waals surface area contributed by atoms with Crippen molar-refractivity contribution in [2.45, 2.75) is 32.7 Å². The number of carbonyl (C=O) groups is 1. The van der Waals surface area contributed by atoms with Crippen LogP contribution in [0.5, 0.6) is 0 Å². The number of nitrogens with one attached hydrogen (secondary N) is 3. The summed E-state index contributed by atoms with van der Waals surface area (Å²) in [4.78, 5) is 27.0. The fraction of sp³-hybridized carbons (Fsp3) is 0.233. The predicted molar refractivity (Wildman–Crippen MR) is 152 cm³/mol. The Labute approximate surface area is 221 Å². The first-order chi connectivity index (χ1) is 18.3. The molecule has 1 aliphatic rings. The summed E-state index contributed by atoms with van der Waals surface area (Å²) in [7, 11) is 0. The van der Waals surface area contributed by atoms with Crippen LogP contribution in [0.25, 0.3) is 33.5 Å². The summed E-state index contributed by atoms with van der Waals surface area (Å²) in [6, 6.07) is 18.4. The number of carbonyl (C=O) groups excluding carboxylic acids is 1. The van der Waals surface area contributed by atoms with Crippen LogP contribution >= 0.6 is 0 Å². The third-order valence-corrected chi connectivity index (χ3v) is 6.71. The molecule has 1 aromatic carbocycles. The van der Waals surface area contributed by atoms with E-state index in [1.54, 1.807) is 0 Å². The van der Waals surface area contributed by atoms with Gasteiger partial charge in [0.25, 0.3) is 0 Å². The summed E-state index contributed by atoms with van der Waals surface area (Å²) in [5, 5.41) is 7.64. The van der Waals surface area contributed by atoms with E-state index in [0.717, 1.165) is 51.4 Å². The van der Waals surface area contributed by atoms with Gasteiger partial charge in [0.05, 0.1) is 23.3 Å². The molecule has 0 aliphatic carbocycles. The lowest BCUT2D eigenvalue weighted by Gasteiger charge is -2.30. The van der Waals surface area contributed by atoms with Crippen molar-refractivity contribution in [3.05, 3.63) is 85.0 Å². The second kappa shape index (κ2) is 9.37. The number of nitrogens with zero attached hydrogens (tertiary/aromatic N) is 4. The van der Waals surface area contributed by atoms with Crippen molar-refractivity contribution in [2.24, 2.45) is 0 Å². The number of hydrogen-bond acceptors (Lipinski definition) is 4. The fourth-order valence-corrected chi connectivity index (χ4v) is 4.84. The van der Waals surface area contributed by atoms with Crippen LogP contribution in [0.15, 0.2) is 79.3 Å². The number of H-pyrrole nitrogens is 1. The molecule has 192 valence electrons. The van der Waals surface area contributed by atoms with E-state index in [1.807, 2.05) is 74.5 Å². The molecule has 4 aromatic heterocycles. The van der Waals surface area contributed by atoms with Crippen LogP contribution in [0.1, 0.15) is 32.9 Å². The minimum Gasteiger partial charge on any atom is -0.354 e. The first-order valence-electron chi connectivity index (χ1n) is 12.9. The number of aromatic amines is 1. The Kier molecular flexibility index (Phi) is 5.87. The van der Waals surface area contributed by atoms with Crippen molar-refractivity contribution >= 4 is 39.7 Å². The lowest BCUT2D eigenvalue weighted by atomic mass is 10.0. The van der Waals surface area contributed by atoms with Crippen LogP contribution in [0, 0.1) is 0 Å². The van der Waals surface area contributed by atoms with Crippen molar-refractivity contribution in [3.8, 4) is 11.3 Å². The van der Waals surface area contributed by atoms with Crippen molar-refractivity contribution < 1.29 is 4.79 Å². The zero-order valence-electron chi connectivity index (χ0n) is 21.8. The number of aromatic nitrogens is 4. The Morgan fingerprint density at radius 2 is 1.89 bits per heavy atom. The van der Waals surface area contributed by atoms with Gasteiger partial charge < -0.3 is 20.5 Å².